The van der Waals surface area contributed by atoms with Gasteiger partial charge in [-0.1, -0.05) is 11.6 Å². The summed E-state index contributed by atoms with van der Waals surface area (Å²) in [6.07, 6.45) is 1.98. The minimum Gasteiger partial charge on any atom is -0.462 e. The molecule has 0 unspecified atom stereocenters. The molecule has 0 saturated heterocycles. The van der Waals surface area contributed by atoms with Gasteiger partial charge in [0.2, 0.25) is 0 Å². The normalized spacial score (nSPS) is 15.3. The molecule has 0 atom stereocenters. The van der Waals surface area contributed by atoms with E-state index in [1.54, 1.807) is 0 Å². The van der Waals surface area contributed by atoms with Gasteiger partial charge in [-0.3, -0.25) is 0 Å². The molecule has 1 aliphatic rings. The van der Waals surface area contributed by atoms with Gasteiger partial charge in [-0.25, -0.2) is 17.6 Å². The van der Waals surface area contributed by atoms with Gasteiger partial charge in [0, 0.05) is 10.7 Å². The quantitative estimate of drug-likeness (QED) is 0.630. The predicted molar refractivity (Wildman–Crippen MR) is 67.5 cm³/mol. The molecule has 0 heterocycles. The summed E-state index contributed by atoms with van der Waals surface area (Å²) in [4.78, 5) is 10.9. The number of carbonyl (C=O) groups is 1. The van der Waals surface area contributed by atoms with Crippen molar-refractivity contribution in [1.29, 1.82) is 0 Å². The van der Waals surface area contributed by atoms with Crippen LogP contribution in [0.2, 0.25) is 5.02 Å². The van der Waals surface area contributed by atoms with E-state index in [1.807, 2.05) is 0 Å². The van der Waals surface area contributed by atoms with Gasteiger partial charge in [-0.2, -0.15) is 0 Å². The summed E-state index contributed by atoms with van der Waals surface area (Å²) < 4.78 is 40.7. The van der Waals surface area contributed by atoms with Crippen molar-refractivity contribution in [3.63, 3.8) is 0 Å². The summed E-state index contributed by atoms with van der Waals surface area (Å²) in [5.74, 6) is -1.56. The highest BCUT2D eigenvalue weighted by Crippen LogP contribution is 2.30. The lowest BCUT2D eigenvalue weighted by atomic mass is 10.2. The maximum Gasteiger partial charge on any atom is 0.339 e. The molecule has 0 amide bonds. The van der Waals surface area contributed by atoms with E-state index < -0.39 is 25.7 Å². The highest BCUT2D eigenvalue weighted by Gasteiger charge is 2.26. The van der Waals surface area contributed by atoms with Crippen LogP contribution >= 0.6 is 22.3 Å². The smallest absolute Gasteiger partial charge is 0.339 e. The zero-order chi connectivity index (χ0) is 14.2. The number of hydrogen-bond acceptors (Lipinski definition) is 4. The predicted octanol–water partition coefficient (Wildman–Crippen LogP) is 2.97. The number of esters is 1. The van der Waals surface area contributed by atoms with E-state index in [9.17, 15) is 17.6 Å². The van der Waals surface area contributed by atoms with Crippen LogP contribution in [0.4, 0.5) is 4.39 Å². The average Bonchev–Trinajstić information content (AvgIpc) is 3.07. The summed E-state index contributed by atoms with van der Waals surface area (Å²) in [5, 5.41) is -0.220. The van der Waals surface area contributed by atoms with Crippen LogP contribution in [0.25, 0.3) is 0 Å². The van der Waals surface area contributed by atoms with E-state index in [-0.39, 0.29) is 17.2 Å². The Balaban J connectivity index is 2.30. The summed E-state index contributed by atoms with van der Waals surface area (Å²) in [7, 11) is 0.773. The van der Waals surface area contributed by atoms with E-state index in [2.05, 4.69) is 0 Å². The molecule has 4 nitrogen and oxygen atoms in total. The molecular formula is C11H9Cl2FO4S. The number of carbonyl (C=O) groups excluding carboxylic acids is 1. The molecule has 0 spiro atoms. The lowest BCUT2D eigenvalue weighted by Gasteiger charge is -2.07. The van der Waals surface area contributed by atoms with Crippen LogP contribution in [-0.2, 0) is 13.8 Å². The summed E-state index contributed by atoms with van der Waals surface area (Å²) in [6.45, 7) is 0.246. The van der Waals surface area contributed by atoms with Crippen LogP contribution in [0.5, 0.6) is 0 Å². The van der Waals surface area contributed by atoms with Gasteiger partial charge >= 0.3 is 5.97 Å². The molecule has 1 aliphatic carbocycles. The lowest BCUT2D eigenvalue weighted by molar-refractivity contribution is 0.0486. The zero-order valence-electron chi connectivity index (χ0n) is 9.53. The fourth-order valence-corrected chi connectivity index (χ4v) is 2.56. The molecule has 19 heavy (non-hydrogen) atoms. The molecule has 1 aromatic carbocycles. The topological polar surface area (TPSA) is 60.4 Å². The van der Waals surface area contributed by atoms with E-state index >= 15 is 0 Å². The van der Waals surface area contributed by atoms with Gasteiger partial charge in [-0.05, 0) is 30.9 Å². The maximum absolute atomic E-state index is 13.4. The van der Waals surface area contributed by atoms with Gasteiger partial charge in [0.1, 0.15) is 10.7 Å². The van der Waals surface area contributed by atoms with Crippen molar-refractivity contribution in [3.8, 4) is 0 Å². The second kappa shape index (κ2) is 5.26. The van der Waals surface area contributed by atoms with E-state index in [4.69, 9.17) is 27.0 Å². The number of halogens is 3. The molecule has 0 N–H and O–H groups in total. The highest BCUT2D eigenvalue weighted by atomic mass is 35.7. The van der Waals surface area contributed by atoms with Gasteiger partial charge in [-0.15, -0.1) is 0 Å². The molecule has 1 fully saturated rings. The summed E-state index contributed by atoms with van der Waals surface area (Å²) in [5.41, 5.74) is -0.219. The van der Waals surface area contributed by atoms with Crippen molar-refractivity contribution in [2.45, 2.75) is 17.7 Å². The Morgan fingerprint density at radius 1 is 1.42 bits per heavy atom. The van der Waals surface area contributed by atoms with Gasteiger partial charge in [0.15, 0.2) is 0 Å². The lowest BCUT2D eigenvalue weighted by Crippen LogP contribution is -2.10. The second-order valence-electron chi connectivity index (χ2n) is 4.24. The van der Waals surface area contributed by atoms with Crippen LogP contribution in [0.15, 0.2) is 17.0 Å². The first kappa shape index (κ1) is 14.6. The van der Waals surface area contributed by atoms with E-state index in [1.165, 1.54) is 0 Å². The van der Waals surface area contributed by atoms with Crippen molar-refractivity contribution in [2.24, 2.45) is 5.92 Å². The monoisotopic (exact) mass is 326 g/mol. The van der Waals surface area contributed by atoms with Gasteiger partial charge in [0.05, 0.1) is 17.2 Å². The van der Waals surface area contributed by atoms with Crippen molar-refractivity contribution in [1.82, 2.24) is 0 Å². The largest absolute Gasteiger partial charge is 0.462 e. The minimum absolute atomic E-state index is 0.219. The first-order valence-corrected chi connectivity index (χ1v) is 8.08. The molecule has 1 saturated carbocycles. The Hall–Kier alpha value is -0.850. The first-order valence-electron chi connectivity index (χ1n) is 5.40. The van der Waals surface area contributed by atoms with Crippen LogP contribution in [0.1, 0.15) is 23.2 Å². The summed E-state index contributed by atoms with van der Waals surface area (Å²) in [6, 6.07) is 1.51. The molecule has 0 aliphatic heterocycles. The third kappa shape index (κ3) is 3.58. The Morgan fingerprint density at radius 2 is 2.05 bits per heavy atom. The molecule has 2 rings (SSSR count). The second-order valence-corrected chi connectivity index (χ2v) is 7.18. The third-order valence-electron chi connectivity index (χ3n) is 2.65. The summed E-state index contributed by atoms with van der Waals surface area (Å²) >= 11 is 5.70. The van der Waals surface area contributed by atoms with Crippen molar-refractivity contribution >= 4 is 37.3 Å². The fraction of sp³-hybridized carbons (Fsp3) is 0.364. The van der Waals surface area contributed by atoms with E-state index in [0.29, 0.717) is 5.92 Å². The molecule has 8 heteroatoms. The number of ether oxygens (including phenoxy) is 1. The molecule has 0 aromatic heterocycles. The van der Waals surface area contributed by atoms with Gasteiger partial charge < -0.3 is 4.74 Å². The van der Waals surface area contributed by atoms with Crippen LogP contribution in [0.3, 0.4) is 0 Å². The molecule has 0 radical (unpaired) electrons. The SMILES string of the molecule is O=C(OCC1CC1)c1cc(S(=O)(=O)Cl)c(F)cc1Cl. The molecule has 0 bridgehead atoms. The molecule has 104 valence electrons. The average molecular weight is 327 g/mol. The number of rotatable bonds is 4. The Labute approximate surface area is 118 Å². The zero-order valence-corrected chi connectivity index (χ0v) is 11.9. The van der Waals surface area contributed by atoms with Crippen LogP contribution in [0, 0.1) is 11.7 Å². The molecule has 1 aromatic rings. The fourth-order valence-electron chi connectivity index (χ4n) is 1.43. The third-order valence-corrected chi connectivity index (χ3v) is 4.30. The van der Waals surface area contributed by atoms with Gasteiger partial charge in [0.25, 0.3) is 9.05 Å². The Morgan fingerprint density at radius 3 is 2.58 bits per heavy atom. The first-order chi connectivity index (χ1) is 8.79. The van der Waals surface area contributed by atoms with Crippen molar-refractivity contribution in [3.05, 3.63) is 28.5 Å². The van der Waals surface area contributed by atoms with Crippen molar-refractivity contribution < 1.29 is 22.3 Å². The molecular weight excluding hydrogens is 318 g/mol. The number of benzene rings is 1. The Kier molecular flexibility index (Phi) is 4.03. The van der Waals surface area contributed by atoms with Crippen LogP contribution in [-0.4, -0.2) is 21.0 Å². The Bertz CT molecular complexity index is 626. The standard InChI is InChI=1S/C11H9Cl2FO4S/c12-8-4-9(14)10(19(13,16)17)3-7(8)11(15)18-5-6-1-2-6/h3-4,6H,1-2,5H2. The van der Waals surface area contributed by atoms with Crippen molar-refractivity contribution in [2.75, 3.05) is 6.61 Å². The highest BCUT2D eigenvalue weighted by molar-refractivity contribution is 8.13. The minimum atomic E-state index is -4.29. The van der Waals surface area contributed by atoms with Crippen LogP contribution < -0.4 is 0 Å². The number of hydrogen-bond donors (Lipinski definition) is 0. The maximum atomic E-state index is 13.4. The van der Waals surface area contributed by atoms with E-state index in [0.717, 1.165) is 25.0 Å².